The van der Waals surface area contributed by atoms with Gasteiger partial charge in [-0.15, -0.1) is 0 Å². The first kappa shape index (κ1) is 23.4. The number of benzene rings is 2. The van der Waals surface area contributed by atoms with Crippen molar-refractivity contribution in [2.24, 2.45) is 0 Å². The molecule has 6 heteroatoms. The zero-order valence-electron chi connectivity index (χ0n) is 16.7. The second-order valence-electron chi connectivity index (χ2n) is 7.33. The maximum absolute atomic E-state index is 12.5. The van der Waals surface area contributed by atoms with E-state index in [4.69, 9.17) is 0 Å². The Morgan fingerprint density at radius 1 is 0.793 bits per heavy atom. The molecule has 0 saturated heterocycles. The molecule has 0 bridgehead atoms. The molecule has 3 N–H and O–H groups in total. The molecular weight excluding hydrogens is 381 g/mol. The molecule has 1 atom stereocenters. The third kappa shape index (κ3) is 6.84. The number of alkyl halides is 3. The summed E-state index contributed by atoms with van der Waals surface area (Å²) in [4.78, 5) is 0. The quantitative estimate of drug-likeness (QED) is 0.548. The summed E-state index contributed by atoms with van der Waals surface area (Å²) in [6.45, 7) is 1.78. The molecule has 2 aromatic rings. The maximum atomic E-state index is 12.5. The molecule has 0 fully saturated rings. The van der Waals surface area contributed by atoms with Crippen molar-refractivity contribution in [2.45, 2.75) is 70.9 Å². The Hall–Kier alpha value is -1.89. The van der Waals surface area contributed by atoms with E-state index >= 15 is 0 Å². The van der Waals surface area contributed by atoms with E-state index in [1.807, 2.05) is 43.3 Å². The Morgan fingerprint density at radius 3 is 1.86 bits per heavy atom. The van der Waals surface area contributed by atoms with E-state index in [1.54, 1.807) is 0 Å². The average Bonchev–Trinajstić information content (AvgIpc) is 2.71. The van der Waals surface area contributed by atoms with Gasteiger partial charge in [0.1, 0.15) is 6.10 Å². The van der Waals surface area contributed by atoms with Crippen LogP contribution in [0.4, 0.5) is 13.2 Å². The van der Waals surface area contributed by atoms with E-state index in [0.717, 1.165) is 59.1 Å². The van der Waals surface area contributed by atoms with Crippen LogP contribution in [0.3, 0.4) is 0 Å². The third-order valence-corrected chi connectivity index (χ3v) is 5.26. The van der Waals surface area contributed by atoms with Gasteiger partial charge in [0.25, 0.3) is 0 Å². The Labute approximate surface area is 169 Å². The number of aliphatic hydroxyl groups is 3. The third-order valence-electron chi connectivity index (χ3n) is 5.26. The van der Waals surface area contributed by atoms with Crippen molar-refractivity contribution in [3.05, 3.63) is 69.8 Å². The highest BCUT2D eigenvalue weighted by molar-refractivity contribution is 5.33. The fraction of sp³-hybridized carbons (Fsp3) is 0.478. The van der Waals surface area contributed by atoms with Gasteiger partial charge in [-0.05, 0) is 71.9 Å². The summed E-state index contributed by atoms with van der Waals surface area (Å²) in [7, 11) is 0. The molecule has 0 aromatic heterocycles. The van der Waals surface area contributed by atoms with Gasteiger partial charge in [0.05, 0.1) is 13.2 Å². The fourth-order valence-corrected chi connectivity index (χ4v) is 3.50. The summed E-state index contributed by atoms with van der Waals surface area (Å²) in [5, 5.41) is 27.9. The van der Waals surface area contributed by atoms with Gasteiger partial charge in [0.15, 0.2) is 0 Å². The van der Waals surface area contributed by atoms with Crippen LogP contribution >= 0.6 is 0 Å². The Bertz CT molecular complexity index is 787. The number of halogens is 3. The maximum Gasteiger partial charge on any atom is 0.414 e. The molecule has 1 unspecified atom stereocenters. The van der Waals surface area contributed by atoms with E-state index in [-0.39, 0.29) is 26.1 Å². The van der Waals surface area contributed by atoms with Gasteiger partial charge in [0.2, 0.25) is 0 Å². The van der Waals surface area contributed by atoms with Crippen molar-refractivity contribution >= 4 is 0 Å². The molecule has 0 saturated carbocycles. The number of aliphatic hydroxyl groups excluding tert-OH is 3. The molecule has 0 aliphatic carbocycles. The van der Waals surface area contributed by atoms with E-state index < -0.39 is 12.3 Å². The molecule has 3 nitrogen and oxygen atoms in total. The zero-order chi connectivity index (χ0) is 21.4. The highest BCUT2D eigenvalue weighted by Gasteiger charge is 2.37. The number of hydrogen-bond acceptors (Lipinski definition) is 3. The first-order valence-corrected chi connectivity index (χ1v) is 9.96. The Morgan fingerprint density at radius 2 is 1.34 bits per heavy atom. The van der Waals surface area contributed by atoms with Crippen molar-refractivity contribution in [1.82, 2.24) is 0 Å². The van der Waals surface area contributed by atoms with Crippen LogP contribution < -0.4 is 0 Å². The highest BCUT2D eigenvalue weighted by Crippen LogP contribution is 2.25. The van der Waals surface area contributed by atoms with Crippen LogP contribution in [-0.4, -0.2) is 27.6 Å². The topological polar surface area (TPSA) is 60.7 Å². The van der Waals surface area contributed by atoms with Gasteiger partial charge in [-0.2, -0.15) is 13.2 Å². The van der Waals surface area contributed by atoms with E-state index in [2.05, 4.69) is 0 Å². The SMILES string of the molecule is CCc1cc(CCCc2ccc(CO)c(CO)c2)ccc1CCC(O)C(F)(F)F. The van der Waals surface area contributed by atoms with Crippen molar-refractivity contribution < 1.29 is 28.5 Å². The number of hydrogen-bond donors (Lipinski definition) is 3. The molecule has 0 aliphatic rings. The summed E-state index contributed by atoms with van der Waals surface area (Å²) in [6.07, 6.45) is -3.68. The molecule has 0 spiro atoms. The molecule has 2 aromatic carbocycles. The largest absolute Gasteiger partial charge is 0.414 e. The summed E-state index contributed by atoms with van der Waals surface area (Å²) < 4.78 is 37.5. The normalized spacial score (nSPS) is 12.9. The first-order valence-electron chi connectivity index (χ1n) is 9.96. The van der Waals surface area contributed by atoms with Crippen LogP contribution in [0.2, 0.25) is 0 Å². The highest BCUT2D eigenvalue weighted by atomic mass is 19.4. The second-order valence-corrected chi connectivity index (χ2v) is 7.33. The minimum absolute atomic E-state index is 0.0949. The summed E-state index contributed by atoms with van der Waals surface area (Å²) >= 11 is 0. The lowest BCUT2D eigenvalue weighted by Crippen LogP contribution is -2.28. The van der Waals surface area contributed by atoms with Gasteiger partial charge in [-0.3, -0.25) is 0 Å². The lowest BCUT2D eigenvalue weighted by atomic mass is 9.94. The van der Waals surface area contributed by atoms with Crippen molar-refractivity contribution in [2.75, 3.05) is 0 Å². The smallest absolute Gasteiger partial charge is 0.392 e. The van der Waals surface area contributed by atoms with Gasteiger partial charge >= 0.3 is 6.18 Å². The van der Waals surface area contributed by atoms with Crippen LogP contribution in [0, 0.1) is 0 Å². The molecule has 29 heavy (non-hydrogen) atoms. The minimum Gasteiger partial charge on any atom is -0.392 e. The summed E-state index contributed by atoms with van der Waals surface area (Å²) in [5.41, 5.74) is 5.58. The van der Waals surface area contributed by atoms with Crippen LogP contribution in [0.1, 0.15) is 53.1 Å². The van der Waals surface area contributed by atoms with E-state index in [0.29, 0.717) is 0 Å². The summed E-state index contributed by atoms with van der Waals surface area (Å²) in [6, 6.07) is 11.6. The first-order chi connectivity index (χ1) is 13.8. The standard InChI is InChI=1S/C23H29F3O3/c1-2-18-12-16(6-8-19(18)10-11-22(29)23(24,25)26)4-3-5-17-7-9-20(14-27)21(13-17)15-28/h6-9,12-13,22,27-29H,2-5,10-11,14-15H2,1H3. The second kappa shape index (κ2) is 10.8. The van der Waals surface area contributed by atoms with Crippen LogP contribution in [-0.2, 0) is 38.9 Å². The lowest BCUT2D eigenvalue weighted by Gasteiger charge is -2.16. The van der Waals surface area contributed by atoms with Crippen molar-refractivity contribution in [1.29, 1.82) is 0 Å². The van der Waals surface area contributed by atoms with Crippen LogP contribution in [0.5, 0.6) is 0 Å². The van der Waals surface area contributed by atoms with E-state index in [1.165, 1.54) is 0 Å². The van der Waals surface area contributed by atoms with Crippen molar-refractivity contribution in [3.63, 3.8) is 0 Å². The average molecular weight is 410 g/mol. The zero-order valence-corrected chi connectivity index (χ0v) is 16.7. The lowest BCUT2D eigenvalue weighted by molar-refractivity contribution is -0.205. The monoisotopic (exact) mass is 410 g/mol. The fourth-order valence-electron chi connectivity index (χ4n) is 3.50. The predicted molar refractivity (Wildman–Crippen MR) is 107 cm³/mol. The minimum atomic E-state index is -4.57. The molecule has 0 aliphatic heterocycles. The van der Waals surface area contributed by atoms with Gasteiger partial charge in [-0.25, -0.2) is 0 Å². The molecule has 0 heterocycles. The Kier molecular flexibility index (Phi) is 8.68. The van der Waals surface area contributed by atoms with Gasteiger partial charge in [-0.1, -0.05) is 43.3 Å². The van der Waals surface area contributed by atoms with Gasteiger partial charge < -0.3 is 15.3 Å². The molecule has 0 radical (unpaired) electrons. The summed E-state index contributed by atoms with van der Waals surface area (Å²) in [5.74, 6) is 0. The number of rotatable bonds is 10. The predicted octanol–water partition coefficient (Wildman–Crippen LogP) is 4.26. The van der Waals surface area contributed by atoms with E-state index in [9.17, 15) is 28.5 Å². The molecular formula is C23H29F3O3. The van der Waals surface area contributed by atoms with Gasteiger partial charge in [0, 0.05) is 0 Å². The number of aryl methyl sites for hydroxylation is 4. The Balaban J connectivity index is 1.95. The molecule has 2 rings (SSSR count). The molecule has 0 amide bonds. The van der Waals surface area contributed by atoms with Crippen molar-refractivity contribution in [3.8, 4) is 0 Å². The van der Waals surface area contributed by atoms with Crippen LogP contribution in [0.25, 0.3) is 0 Å². The molecule has 160 valence electrons. The van der Waals surface area contributed by atoms with Crippen LogP contribution in [0.15, 0.2) is 36.4 Å².